The monoisotopic (exact) mass is 513 g/mol. The molecule has 4 nitrogen and oxygen atoms in total. The van der Waals surface area contributed by atoms with Crippen molar-refractivity contribution < 1.29 is 4.74 Å². The van der Waals surface area contributed by atoms with Gasteiger partial charge in [-0.2, -0.15) is 0 Å². The molecule has 6 heteroatoms. The van der Waals surface area contributed by atoms with Crippen molar-refractivity contribution in [3.63, 3.8) is 0 Å². The highest BCUT2D eigenvalue weighted by molar-refractivity contribution is 14.0. The van der Waals surface area contributed by atoms with Gasteiger partial charge in [0.05, 0.1) is 6.04 Å². The van der Waals surface area contributed by atoms with Gasteiger partial charge in [0.25, 0.3) is 0 Å². The van der Waals surface area contributed by atoms with Gasteiger partial charge in [-0.1, -0.05) is 54.1 Å². The molecule has 0 spiro atoms. The molecular weight excluding hydrogens is 485 g/mol. The summed E-state index contributed by atoms with van der Waals surface area (Å²) in [7, 11) is 1.81. The number of hydrogen-bond donors (Lipinski definition) is 2. The Bertz CT molecular complexity index is 763. The topological polar surface area (TPSA) is 45.7 Å². The maximum absolute atomic E-state index is 6.26. The first kappa shape index (κ1) is 23.0. The zero-order valence-electron chi connectivity index (χ0n) is 16.5. The number of guanidine groups is 1. The van der Waals surface area contributed by atoms with E-state index in [1.807, 2.05) is 25.2 Å². The quantitative estimate of drug-likeness (QED) is 0.338. The van der Waals surface area contributed by atoms with Gasteiger partial charge in [0.15, 0.2) is 5.96 Å². The molecule has 1 fully saturated rings. The molecule has 1 atom stereocenters. The van der Waals surface area contributed by atoms with Crippen molar-refractivity contribution in [1.82, 2.24) is 10.6 Å². The minimum atomic E-state index is -0.00322. The van der Waals surface area contributed by atoms with Crippen LogP contribution >= 0.6 is 35.6 Å². The van der Waals surface area contributed by atoms with E-state index in [2.05, 4.69) is 58.9 Å². The van der Waals surface area contributed by atoms with E-state index >= 15 is 0 Å². The molecule has 0 aliphatic carbocycles. The van der Waals surface area contributed by atoms with Gasteiger partial charge in [-0.05, 0) is 43.0 Å². The molecule has 0 bridgehead atoms. The summed E-state index contributed by atoms with van der Waals surface area (Å²) in [5.74, 6) is 0.805. The van der Waals surface area contributed by atoms with Crippen molar-refractivity contribution >= 4 is 41.5 Å². The molecule has 1 saturated heterocycles. The molecule has 0 aromatic heterocycles. The lowest BCUT2D eigenvalue weighted by atomic mass is 9.74. The summed E-state index contributed by atoms with van der Waals surface area (Å²) < 4.78 is 5.63. The van der Waals surface area contributed by atoms with Crippen LogP contribution in [0.5, 0.6) is 0 Å². The third-order valence-corrected chi connectivity index (χ3v) is 5.59. The Morgan fingerprint density at radius 3 is 2.50 bits per heavy atom. The van der Waals surface area contributed by atoms with Gasteiger partial charge in [0, 0.05) is 37.2 Å². The van der Waals surface area contributed by atoms with Crippen molar-refractivity contribution in [3.8, 4) is 0 Å². The highest BCUT2D eigenvalue weighted by Crippen LogP contribution is 2.35. The Labute approximate surface area is 190 Å². The van der Waals surface area contributed by atoms with E-state index in [4.69, 9.17) is 16.3 Å². The fourth-order valence-electron chi connectivity index (χ4n) is 3.63. The van der Waals surface area contributed by atoms with E-state index in [1.165, 1.54) is 11.1 Å². The van der Waals surface area contributed by atoms with Crippen molar-refractivity contribution in [2.45, 2.75) is 31.2 Å². The summed E-state index contributed by atoms with van der Waals surface area (Å²) in [5, 5.41) is 7.80. The number of halogens is 2. The van der Waals surface area contributed by atoms with Gasteiger partial charge in [-0.3, -0.25) is 4.99 Å². The van der Waals surface area contributed by atoms with Crippen molar-refractivity contribution in [2.24, 2.45) is 4.99 Å². The van der Waals surface area contributed by atoms with Crippen LogP contribution in [0.1, 0.15) is 36.9 Å². The van der Waals surface area contributed by atoms with Gasteiger partial charge in [0.1, 0.15) is 0 Å². The van der Waals surface area contributed by atoms with Crippen LogP contribution in [-0.2, 0) is 10.2 Å². The number of ether oxygens (including phenoxy) is 1. The Kier molecular flexibility index (Phi) is 9.05. The third kappa shape index (κ3) is 5.84. The SMILES string of the molecule is CN=C(NCC1(c2cccc(Cl)c2)CCOCC1)NC(C)c1ccccc1.I. The molecule has 3 rings (SSSR count). The summed E-state index contributed by atoms with van der Waals surface area (Å²) in [6.07, 6.45) is 1.93. The molecule has 1 unspecified atom stereocenters. The van der Waals surface area contributed by atoms with Gasteiger partial charge in [0.2, 0.25) is 0 Å². The van der Waals surface area contributed by atoms with E-state index < -0.39 is 0 Å². The van der Waals surface area contributed by atoms with Gasteiger partial charge in [-0.15, -0.1) is 24.0 Å². The molecular formula is C22H29ClIN3O. The van der Waals surface area contributed by atoms with E-state index in [1.54, 1.807) is 0 Å². The molecule has 0 amide bonds. The number of nitrogens with zero attached hydrogens (tertiary/aromatic N) is 1. The Balaban J connectivity index is 0.00000280. The molecule has 2 aromatic rings. The molecule has 1 aliphatic heterocycles. The van der Waals surface area contributed by atoms with Crippen LogP contribution in [0, 0.1) is 0 Å². The highest BCUT2D eigenvalue weighted by atomic mass is 127. The van der Waals surface area contributed by atoms with E-state index in [0.717, 1.165) is 43.6 Å². The molecule has 0 radical (unpaired) electrons. The predicted octanol–water partition coefficient (Wildman–Crippen LogP) is 4.93. The van der Waals surface area contributed by atoms with Crippen molar-refractivity contribution in [1.29, 1.82) is 0 Å². The third-order valence-electron chi connectivity index (χ3n) is 5.36. The second-order valence-corrected chi connectivity index (χ2v) is 7.54. The average molecular weight is 514 g/mol. The maximum atomic E-state index is 6.26. The number of rotatable bonds is 5. The standard InChI is InChI=1S/C22H28ClN3O.HI/c1-17(18-7-4-3-5-8-18)26-21(24-2)25-16-22(11-13-27-14-12-22)19-9-6-10-20(23)15-19;/h3-10,15,17H,11-14,16H2,1-2H3,(H2,24,25,26);1H. The second kappa shape index (κ2) is 11.0. The zero-order valence-corrected chi connectivity index (χ0v) is 19.5. The smallest absolute Gasteiger partial charge is 0.191 e. The molecule has 2 aromatic carbocycles. The number of benzene rings is 2. The Morgan fingerprint density at radius 2 is 1.86 bits per heavy atom. The minimum absolute atomic E-state index is 0. The number of hydrogen-bond acceptors (Lipinski definition) is 2. The fourth-order valence-corrected chi connectivity index (χ4v) is 3.82. The molecule has 152 valence electrons. The second-order valence-electron chi connectivity index (χ2n) is 7.11. The molecule has 1 heterocycles. The van der Waals surface area contributed by atoms with Gasteiger partial charge >= 0.3 is 0 Å². The summed E-state index contributed by atoms with van der Waals surface area (Å²) >= 11 is 6.26. The van der Waals surface area contributed by atoms with Crippen LogP contribution < -0.4 is 10.6 Å². The first-order valence-electron chi connectivity index (χ1n) is 9.49. The predicted molar refractivity (Wildman–Crippen MR) is 128 cm³/mol. The number of nitrogens with one attached hydrogen (secondary N) is 2. The lowest BCUT2D eigenvalue weighted by Gasteiger charge is -2.38. The van der Waals surface area contributed by atoms with E-state index in [-0.39, 0.29) is 35.4 Å². The average Bonchev–Trinajstić information content (AvgIpc) is 2.72. The van der Waals surface area contributed by atoms with Crippen LogP contribution in [0.4, 0.5) is 0 Å². The zero-order chi connectivity index (χ0) is 19.1. The van der Waals surface area contributed by atoms with E-state index in [0.29, 0.717) is 0 Å². The van der Waals surface area contributed by atoms with Crippen LogP contribution in [0.15, 0.2) is 59.6 Å². The summed E-state index contributed by atoms with van der Waals surface area (Å²) in [6.45, 7) is 4.46. The molecule has 2 N–H and O–H groups in total. The summed E-state index contributed by atoms with van der Waals surface area (Å²) in [4.78, 5) is 4.42. The Hall–Kier alpha value is -1.31. The lowest BCUT2D eigenvalue weighted by Crippen LogP contribution is -2.48. The molecule has 0 saturated carbocycles. The van der Waals surface area contributed by atoms with Crippen LogP contribution in [0.25, 0.3) is 0 Å². The van der Waals surface area contributed by atoms with Gasteiger partial charge < -0.3 is 15.4 Å². The largest absolute Gasteiger partial charge is 0.381 e. The highest BCUT2D eigenvalue weighted by Gasteiger charge is 2.34. The van der Waals surface area contributed by atoms with Crippen molar-refractivity contribution in [3.05, 3.63) is 70.7 Å². The Morgan fingerprint density at radius 1 is 1.14 bits per heavy atom. The van der Waals surface area contributed by atoms with Crippen LogP contribution in [0.2, 0.25) is 5.02 Å². The molecule has 28 heavy (non-hydrogen) atoms. The summed E-state index contributed by atoms with van der Waals surface area (Å²) in [6, 6.07) is 18.8. The first-order valence-corrected chi connectivity index (χ1v) is 9.87. The van der Waals surface area contributed by atoms with Crippen LogP contribution in [-0.4, -0.2) is 32.8 Å². The minimum Gasteiger partial charge on any atom is -0.381 e. The lowest BCUT2D eigenvalue weighted by molar-refractivity contribution is 0.0513. The van der Waals surface area contributed by atoms with Gasteiger partial charge in [-0.25, -0.2) is 0 Å². The normalized spacial score (nSPS) is 17.3. The van der Waals surface area contributed by atoms with Crippen molar-refractivity contribution in [2.75, 3.05) is 26.8 Å². The molecule has 1 aliphatic rings. The first-order chi connectivity index (χ1) is 13.1. The maximum Gasteiger partial charge on any atom is 0.191 e. The fraction of sp³-hybridized carbons (Fsp3) is 0.409. The van der Waals surface area contributed by atoms with Crippen LogP contribution in [0.3, 0.4) is 0 Å². The van der Waals surface area contributed by atoms with E-state index in [9.17, 15) is 0 Å². The number of aliphatic imine (C=N–C) groups is 1. The summed E-state index contributed by atoms with van der Waals surface area (Å²) in [5.41, 5.74) is 2.49.